The lowest BCUT2D eigenvalue weighted by Crippen LogP contribution is -2.46. The van der Waals surface area contributed by atoms with Crippen LogP contribution in [0.3, 0.4) is 0 Å². The third-order valence-corrected chi connectivity index (χ3v) is 6.69. The molecule has 144 valence electrons. The maximum absolute atomic E-state index is 12.8. The summed E-state index contributed by atoms with van der Waals surface area (Å²) < 4.78 is 0. The average Bonchev–Trinajstić information content (AvgIpc) is 3.33. The molecular formula is C23H24N2O3. The number of fused-ring (bicyclic) bond motifs is 4. The van der Waals surface area contributed by atoms with Crippen molar-refractivity contribution < 1.29 is 14.7 Å². The van der Waals surface area contributed by atoms with E-state index in [1.807, 2.05) is 25.1 Å². The highest BCUT2D eigenvalue weighted by atomic mass is 16.3. The van der Waals surface area contributed by atoms with Gasteiger partial charge in [-0.15, -0.1) is 0 Å². The van der Waals surface area contributed by atoms with Gasteiger partial charge in [-0.05, 0) is 29.7 Å². The lowest BCUT2D eigenvalue weighted by molar-refractivity contribution is 0.0538. The number of rotatable bonds is 4. The first-order valence-electron chi connectivity index (χ1n) is 10.1. The molecule has 4 unspecified atom stereocenters. The Morgan fingerprint density at radius 2 is 1.57 bits per heavy atom. The van der Waals surface area contributed by atoms with Gasteiger partial charge in [0.2, 0.25) is 0 Å². The number of likely N-dealkylation sites (tertiary alicyclic amines) is 1. The monoisotopic (exact) mass is 376 g/mol. The lowest BCUT2D eigenvalue weighted by atomic mass is 9.96. The molecule has 0 spiro atoms. The van der Waals surface area contributed by atoms with Gasteiger partial charge < -0.3 is 10.0 Å². The Bertz CT molecular complexity index is 921. The summed E-state index contributed by atoms with van der Waals surface area (Å²) in [5.41, 5.74) is 3.32. The minimum atomic E-state index is -0.425. The summed E-state index contributed by atoms with van der Waals surface area (Å²) in [6.07, 6.45) is 0.293. The van der Waals surface area contributed by atoms with Crippen LogP contribution in [0.4, 0.5) is 0 Å². The fourth-order valence-corrected chi connectivity index (χ4v) is 5.29. The first kappa shape index (κ1) is 17.6. The first-order valence-corrected chi connectivity index (χ1v) is 10.1. The lowest BCUT2D eigenvalue weighted by Gasteiger charge is -2.30. The van der Waals surface area contributed by atoms with Crippen molar-refractivity contribution in [2.24, 2.45) is 5.92 Å². The van der Waals surface area contributed by atoms with Crippen molar-refractivity contribution >= 4 is 11.8 Å². The van der Waals surface area contributed by atoms with Crippen LogP contribution in [0.1, 0.15) is 57.2 Å². The molecule has 1 fully saturated rings. The number of amides is 2. The molecule has 2 heterocycles. The van der Waals surface area contributed by atoms with Gasteiger partial charge in [0.1, 0.15) is 0 Å². The minimum absolute atomic E-state index is 0.154. The zero-order chi connectivity index (χ0) is 19.4. The second-order valence-electron chi connectivity index (χ2n) is 8.15. The molecule has 2 amide bonds. The van der Waals surface area contributed by atoms with E-state index in [1.165, 1.54) is 10.5 Å². The number of aliphatic hydroxyl groups is 1. The van der Waals surface area contributed by atoms with Gasteiger partial charge in [-0.3, -0.25) is 14.5 Å². The molecule has 2 aromatic carbocycles. The van der Waals surface area contributed by atoms with Crippen LogP contribution in [-0.2, 0) is 0 Å². The van der Waals surface area contributed by atoms with E-state index in [9.17, 15) is 14.7 Å². The Morgan fingerprint density at radius 1 is 0.964 bits per heavy atom. The molecule has 4 atom stereocenters. The highest BCUT2D eigenvalue weighted by Crippen LogP contribution is 2.49. The molecule has 3 aliphatic rings. The van der Waals surface area contributed by atoms with Gasteiger partial charge in [0.25, 0.3) is 11.8 Å². The van der Waals surface area contributed by atoms with Crippen molar-refractivity contribution in [2.75, 3.05) is 19.6 Å². The first-order chi connectivity index (χ1) is 13.6. The highest BCUT2D eigenvalue weighted by molar-refractivity contribution is 6.21. The molecule has 2 aromatic rings. The molecule has 5 nitrogen and oxygen atoms in total. The van der Waals surface area contributed by atoms with Gasteiger partial charge in [0.15, 0.2) is 0 Å². The second-order valence-corrected chi connectivity index (χ2v) is 8.15. The standard InChI is InChI=1S/C23H24N2O3/c1-2-14(25-22(27)17-9-5-6-10-18(17)23(25)28)11-24-12-19-15-7-3-4-8-16(15)21(26)20(19)13-24/h3-10,14,19-21,26H,2,11-13H2,1H3. The van der Waals surface area contributed by atoms with Gasteiger partial charge >= 0.3 is 0 Å². The van der Waals surface area contributed by atoms with Crippen LogP contribution in [0.25, 0.3) is 0 Å². The molecule has 1 N–H and O–H groups in total. The zero-order valence-corrected chi connectivity index (χ0v) is 15.9. The maximum atomic E-state index is 12.8. The van der Waals surface area contributed by atoms with Gasteiger partial charge in [-0.2, -0.15) is 0 Å². The maximum Gasteiger partial charge on any atom is 0.261 e. The van der Waals surface area contributed by atoms with Crippen molar-refractivity contribution in [3.63, 3.8) is 0 Å². The Balaban J connectivity index is 1.35. The minimum Gasteiger partial charge on any atom is -0.388 e. The number of nitrogens with zero attached hydrogens (tertiary/aromatic N) is 2. The average molecular weight is 376 g/mol. The van der Waals surface area contributed by atoms with Crippen LogP contribution in [0.15, 0.2) is 48.5 Å². The number of hydrogen-bond donors (Lipinski definition) is 1. The molecule has 2 aliphatic heterocycles. The smallest absolute Gasteiger partial charge is 0.261 e. The molecule has 5 rings (SSSR count). The van der Waals surface area contributed by atoms with Crippen molar-refractivity contribution in [1.29, 1.82) is 0 Å². The number of carbonyl (C=O) groups is 2. The van der Waals surface area contributed by atoms with Crippen molar-refractivity contribution in [3.05, 3.63) is 70.8 Å². The van der Waals surface area contributed by atoms with E-state index in [-0.39, 0.29) is 23.8 Å². The van der Waals surface area contributed by atoms with E-state index in [0.29, 0.717) is 23.6 Å². The fraction of sp³-hybridized carbons (Fsp3) is 0.391. The van der Waals surface area contributed by atoms with Crippen LogP contribution in [0.2, 0.25) is 0 Å². The van der Waals surface area contributed by atoms with Gasteiger partial charge in [-0.25, -0.2) is 0 Å². The zero-order valence-electron chi connectivity index (χ0n) is 15.9. The molecule has 1 saturated heterocycles. The van der Waals surface area contributed by atoms with Crippen LogP contribution >= 0.6 is 0 Å². The molecule has 0 saturated carbocycles. The van der Waals surface area contributed by atoms with E-state index in [2.05, 4.69) is 11.0 Å². The highest BCUT2D eigenvalue weighted by Gasteiger charge is 2.47. The van der Waals surface area contributed by atoms with Crippen LogP contribution in [0.5, 0.6) is 0 Å². The molecule has 0 bridgehead atoms. The predicted octanol–water partition coefficient (Wildman–Crippen LogP) is 2.82. The molecular weight excluding hydrogens is 352 g/mol. The van der Waals surface area contributed by atoms with Crippen LogP contribution in [-0.4, -0.2) is 52.4 Å². The second kappa shape index (κ2) is 6.54. The largest absolute Gasteiger partial charge is 0.388 e. The van der Waals surface area contributed by atoms with E-state index < -0.39 is 6.10 Å². The number of hydrogen-bond acceptors (Lipinski definition) is 4. The van der Waals surface area contributed by atoms with E-state index in [0.717, 1.165) is 25.1 Å². The third kappa shape index (κ3) is 2.46. The summed E-state index contributed by atoms with van der Waals surface area (Å²) in [6, 6.07) is 15.1. The van der Waals surface area contributed by atoms with Crippen molar-refractivity contribution in [2.45, 2.75) is 31.4 Å². The van der Waals surface area contributed by atoms with Crippen LogP contribution < -0.4 is 0 Å². The predicted molar refractivity (Wildman–Crippen MR) is 105 cm³/mol. The summed E-state index contributed by atoms with van der Waals surface area (Å²) in [5.74, 6) is 0.150. The summed E-state index contributed by atoms with van der Waals surface area (Å²) in [6.45, 7) is 4.33. The van der Waals surface area contributed by atoms with Crippen molar-refractivity contribution in [1.82, 2.24) is 9.80 Å². The summed E-state index contributed by atoms with van der Waals surface area (Å²) in [4.78, 5) is 29.4. The molecule has 28 heavy (non-hydrogen) atoms. The number of imide groups is 1. The van der Waals surface area contributed by atoms with E-state index in [1.54, 1.807) is 24.3 Å². The Labute approximate surface area is 164 Å². The number of benzene rings is 2. The van der Waals surface area contributed by atoms with Gasteiger partial charge in [0, 0.05) is 31.5 Å². The van der Waals surface area contributed by atoms with E-state index in [4.69, 9.17) is 0 Å². The summed E-state index contributed by atoms with van der Waals surface area (Å²) >= 11 is 0. The number of carbonyl (C=O) groups excluding carboxylic acids is 2. The molecule has 0 aromatic heterocycles. The third-order valence-electron chi connectivity index (χ3n) is 6.69. The summed E-state index contributed by atoms with van der Waals surface area (Å²) in [5, 5.41) is 10.7. The normalized spacial score (nSPS) is 27.1. The van der Waals surface area contributed by atoms with Gasteiger partial charge in [-0.1, -0.05) is 43.3 Å². The quantitative estimate of drug-likeness (QED) is 0.834. The molecule has 5 heteroatoms. The number of aliphatic hydroxyl groups excluding tert-OH is 1. The Hall–Kier alpha value is -2.50. The van der Waals surface area contributed by atoms with E-state index >= 15 is 0 Å². The van der Waals surface area contributed by atoms with Crippen molar-refractivity contribution in [3.8, 4) is 0 Å². The van der Waals surface area contributed by atoms with Gasteiger partial charge in [0.05, 0.1) is 23.3 Å². The molecule has 0 radical (unpaired) electrons. The summed E-state index contributed by atoms with van der Waals surface area (Å²) in [7, 11) is 0. The SMILES string of the molecule is CCC(CN1CC2c3ccccc3C(O)C2C1)N1C(=O)c2ccccc2C1=O. The topological polar surface area (TPSA) is 60.9 Å². The Kier molecular flexibility index (Phi) is 4.11. The molecule has 1 aliphatic carbocycles. The van der Waals surface area contributed by atoms with Crippen LogP contribution in [0, 0.1) is 5.92 Å². The Morgan fingerprint density at radius 3 is 2.21 bits per heavy atom. The fourth-order valence-electron chi connectivity index (χ4n) is 5.29.